The molecule has 0 radical (unpaired) electrons. The summed E-state index contributed by atoms with van der Waals surface area (Å²) in [6.45, 7) is 0.167. The van der Waals surface area contributed by atoms with Crippen molar-refractivity contribution in [3.8, 4) is 11.4 Å². The van der Waals surface area contributed by atoms with Crippen LogP contribution in [-0.2, 0) is 13.5 Å². The molecule has 4 heteroatoms. The van der Waals surface area contributed by atoms with Gasteiger partial charge in [0.05, 0.1) is 11.0 Å². The van der Waals surface area contributed by atoms with Gasteiger partial charge in [0.2, 0.25) is 0 Å². The third-order valence-corrected chi connectivity index (χ3v) is 3.28. The first kappa shape index (κ1) is 11.9. The fourth-order valence-electron chi connectivity index (χ4n) is 2.28. The molecular weight excluding hydrogens is 238 g/mol. The Morgan fingerprint density at radius 1 is 1.16 bits per heavy atom. The predicted molar refractivity (Wildman–Crippen MR) is 74.7 cm³/mol. The van der Waals surface area contributed by atoms with Crippen molar-refractivity contribution in [3.63, 3.8) is 0 Å². The van der Waals surface area contributed by atoms with Crippen molar-refractivity contribution in [1.82, 2.24) is 14.5 Å². The van der Waals surface area contributed by atoms with Crippen LogP contribution >= 0.6 is 0 Å². The van der Waals surface area contributed by atoms with E-state index in [0.717, 1.165) is 28.0 Å². The minimum absolute atomic E-state index is 0.167. The largest absolute Gasteiger partial charge is 0.396 e. The van der Waals surface area contributed by atoms with Crippen molar-refractivity contribution < 1.29 is 5.11 Å². The lowest BCUT2D eigenvalue weighted by atomic mass is 10.1. The lowest BCUT2D eigenvalue weighted by Gasteiger charge is -2.02. The summed E-state index contributed by atoms with van der Waals surface area (Å²) in [6.07, 6.45) is 4.21. The number of benzene rings is 1. The van der Waals surface area contributed by atoms with Crippen molar-refractivity contribution >= 4 is 11.0 Å². The smallest absolute Gasteiger partial charge is 0.140 e. The molecule has 96 valence electrons. The zero-order chi connectivity index (χ0) is 13.2. The van der Waals surface area contributed by atoms with E-state index in [4.69, 9.17) is 5.11 Å². The van der Waals surface area contributed by atoms with E-state index < -0.39 is 0 Å². The molecule has 0 aliphatic carbocycles. The number of hydrogen-bond acceptors (Lipinski definition) is 3. The zero-order valence-electron chi connectivity index (χ0n) is 10.7. The van der Waals surface area contributed by atoms with Crippen molar-refractivity contribution in [2.75, 3.05) is 6.61 Å². The topological polar surface area (TPSA) is 50.9 Å². The Kier molecular flexibility index (Phi) is 3.01. The van der Waals surface area contributed by atoms with Crippen molar-refractivity contribution in [2.24, 2.45) is 7.05 Å². The molecule has 0 atom stereocenters. The molecule has 4 nitrogen and oxygen atoms in total. The lowest BCUT2D eigenvalue weighted by molar-refractivity contribution is 0.299. The van der Waals surface area contributed by atoms with E-state index in [-0.39, 0.29) is 6.61 Å². The Bertz CT molecular complexity index is 704. The lowest BCUT2D eigenvalue weighted by Crippen LogP contribution is -1.94. The van der Waals surface area contributed by atoms with E-state index in [0.29, 0.717) is 6.42 Å². The molecule has 0 fully saturated rings. The molecule has 1 aromatic carbocycles. The molecule has 0 aliphatic rings. The SMILES string of the molecule is Cn1c(-c2ccncc2)nc2ccc(CCO)cc21. The number of hydrogen-bond donors (Lipinski definition) is 1. The van der Waals surface area contributed by atoms with Gasteiger partial charge in [-0.2, -0.15) is 0 Å². The minimum Gasteiger partial charge on any atom is -0.396 e. The van der Waals surface area contributed by atoms with Crippen LogP contribution in [0.25, 0.3) is 22.4 Å². The van der Waals surface area contributed by atoms with Gasteiger partial charge in [-0.3, -0.25) is 4.98 Å². The monoisotopic (exact) mass is 253 g/mol. The van der Waals surface area contributed by atoms with Crippen LogP contribution in [0.1, 0.15) is 5.56 Å². The number of aromatic nitrogens is 3. The first-order chi connectivity index (χ1) is 9.29. The Balaban J connectivity index is 2.15. The summed E-state index contributed by atoms with van der Waals surface area (Å²) in [5.41, 5.74) is 4.23. The number of aryl methyl sites for hydroxylation is 1. The number of rotatable bonds is 3. The Hall–Kier alpha value is -2.20. The molecule has 0 saturated heterocycles. The van der Waals surface area contributed by atoms with Gasteiger partial charge in [0.1, 0.15) is 5.82 Å². The number of aliphatic hydroxyl groups is 1. The summed E-state index contributed by atoms with van der Waals surface area (Å²) >= 11 is 0. The molecule has 0 spiro atoms. The second-order valence-corrected chi connectivity index (χ2v) is 4.53. The molecule has 0 saturated carbocycles. The fourth-order valence-corrected chi connectivity index (χ4v) is 2.28. The van der Waals surface area contributed by atoms with Crippen molar-refractivity contribution in [2.45, 2.75) is 6.42 Å². The summed E-state index contributed by atoms with van der Waals surface area (Å²) in [4.78, 5) is 8.68. The van der Waals surface area contributed by atoms with Gasteiger partial charge in [-0.1, -0.05) is 6.07 Å². The van der Waals surface area contributed by atoms with Crippen molar-refractivity contribution in [1.29, 1.82) is 0 Å². The summed E-state index contributed by atoms with van der Waals surface area (Å²) in [6, 6.07) is 10.0. The normalized spacial score (nSPS) is 11.1. The highest BCUT2D eigenvalue weighted by Gasteiger charge is 2.09. The maximum atomic E-state index is 9.01. The van der Waals surface area contributed by atoms with Gasteiger partial charge in [0.15, 0.2) is 0 Å². The molecular formula is C15H15N3O. The number of fused-ring (bicyclic) bond motifs is 1. The fraction of sp³-hybridized carbons (Fsp3) is 0.200. The van der Waals surface area contributed by atoms with Gasteiger partial charge >= 0.3 is 0 Å². The molecule has 1 N–H and O–H groups in total. The molecule has 2 heterocycles. The molecule has 0 aliphatic heterocycles. The average Bonchev–Trinajstić information content (AvgIpc) is 2.78. The number of pyridine rings is 1. The molecule has 0 unspecified atom stereocenters. The Labute approximate surface area is 111 Å². The number of nitrogens with zero attached hydrogens (tertiary/aromatic N) is 3. The van der Waals surface area contributed by atoms with Crippen LogP contribution in [0, 0.1) is 0 Å². The zero-order valence-corrected chi connectivity index (χ0v) is 10.7. The second-order valence-electron chi connectivity index (χ2n) is 4.53. The van der Waals surface area contributed by atoms with E-state index in [1.807, 2.05) is 31.3 Å². The Morgan fingerprint density at radius 3 is 2.68 bits per heavy atom. The predicted octanol–water partition coefficient (Wildman–Crippen LogP) is 2.17. The van der Waals surface area contributed by atoms with E-state index in [9.17, 15) is 0 Å². The van der Waals surface area contributed by atoms with Crippen LogP contribution in [0.15, 0.2) is 42.7 Å². The first-order valence-corrected chi connectivity index (χ1v) is 6.26. The third-order valence-electron chi connectivity index (χ3n) is 3.28. The van der Waals surface area contributed by atoms with Gasteiger partial charge in [0.25, 0.3) is 0 Å². The summed E-state index contributed by atoms with van der Waals surface area (Å²) in [7, 11) is 2.01. The highest BCUT2D eigenvalue weighted by Crippen LogP contribution is 2.24. The Morgan fingerprint density at radius 2 is 1.95 bits per heavy atom. The average molecular weight is 253 g/mol. The van der Waals surface area contributed by atoms with Crippen molar-refractivity contribution in [3.05, 3.63) is 48.3 Å². The molecule has 3 aromatic rings. The highest BCUT2D eigenvalue weighted by molar-refractivity contribution is 5.81. The number of imidazole rings is 1. The third kappa shape index (κ3) is 2.11. The van der Waals surface area contributed by atoms with Crippen LogP contribution in [-0.4, -0.2) is 26.2 Å². The van der Waals surface area contributed by atoms with Gasteiger partial charge < -0.3 is 9.67 Å². The molecule has 0 amide bonds. The van der Waals surface area contributed by atoms with Crippen LogP contribution in [0.3, 0.4) is 0 Å². The van der Waals surface area contributed by atoms with Gasteiger partial charge in [-0.05, 0) is 36.2 Å². The maximum absolute atomic E-state index is 9.01. The molecule has 2 aromatic heterocycles. The van der Waals surface area contributed by atoms with Crippen LogP contribution < -0.4 is 0 Å². The molecule has 3 rings (SSSR count). The van der Waals surface area contributed by atoms with Gasteiger partial charge in [-0.25, -0.2) is 4.98 Å². The van der Waals surface area contributed by atoms with Crippen LogP contribution in [0.5, 0.6) is 0 Å². The van der Waals surface area contributed by atoms with E-state index in [1.54, 1.807) is 12.4 Å². The van der Waals surface area contributed by atoms with Crippen LogP contribution in [0.4, 0.5) is 0 Å². The van der Waals surface area contributed by atoms with Gasteiger partial charge in [0, 0.05) is 31.6 Å². The van der Waals surface area contributed by atoms with E-state index in [1.165, 1.54) is 0 Å². The highest BCUT2D eigenvalue weighted by atomic mass is 16.2. The van der Waals surface area contributed by atoms with Crippen LogP contribution in [0.2, 0.25) is 0 Å². The maximum Gasteiger partial charge on any atom is 0.140 e. The summed E-state index contributed by atoms with van der Waals surface area (Å²) in [5, 5.41) is 9.01. The summed E-state index contributed by atoms with van der Waals surface area (Å²) < 4.78 is 2.07. The van der Waals surface area contributed by atoms with E-state index in [2.05, 4.69) is 20.6 Å². The second kappa shape index (κ2) is 4.82. The quantitative estimate of drug-likeness (QED) is 0.778. The van der Waals surface area contributed by atoms with E-state index >= 15 is 0 Å². The minimum atomic E-state index is 0.167. The number of aliphatic hydroxyl groups excluding tert-OH is 1. The van der Waals surface area contributed by atoms with Gasteiger partial charge in [-0.15, -0.1) is 0 Å². The molecule has 19 heavy (non-hydrogen) atoms. The molecule has 0 bridgehead atoms. The standard InChI is InChI=1S/C15H15N3O/c1-18-14-10-11(6-9-19)2-3-13(14)17-15(18)12-4-7-16-8-5-12/h2-5,7-8,10,19H,6,9H2,1H3. The summed E-state index contributed by atoms with van der Waals surface area (Å²) in [5.74, 6) is 0.929. The first-order valence-electron chi connectivity index (χ1n) is 6.26.